The van der Waals surface area contributed by atoms with Gasteiger partial charge in [-0.3, -0.25) is 18.9 Å². The van der Waals surface area contributed by atoms with Crippen molar-refractivity contribution in [3.8, 4) is 0 Å². The number of nitrogens with zero attached hydrogens (tertiary/aromatic N) is 3. The first-order valence-corrected chi connectivity index (χ1v) is 13.2. The Bertz CT molecular complexity index is 1070. The van der Waals surface area contributed by atoms with Crippen LogP contribution in [0.4, 0.5) is 9.18 Å². The molecule has 9 nitrogen and oxygen atoms in total. The number of alkyl carbamates (subject to hydrolysis) is 1. The van der Waals surface area contributed by atoms with Crippen LogP contribution in [0.1, 0.15) is 47.5 Å². The topological polar surface area (TPSA) is 115 Å². The van der Waals surface area contributed by atoms with Crippen molar-refractivity contribution in [2.45, 2.75) is 70.0 Å². The van der Waals surface area contributed by atoms with E-state index in [0.717, 1.165) is 6.20 Å². The largest absolute Gasteiger partial charge is 0.444 e. The number of fused-ring (bicyclic) bond motifs is 1. The average Bonchev–Trinajstić information content (AvgIpc) is 2.97. The fourth-order valence-corrected chi connectivity index (χ4v) is 6.19. The van der Waals surface area contributed by atoms with Crippen LogP contribution in [-0.4, -0.2) is 72.6 Å². The fourth-order valence-electron chi connectivity index (χ4n) is 4.24. The van der Waals surface area contributed by atoms with Gasteiger partial charge in [-0.1, -0.05) is 19.1 Å². The summed E-state index contributed by atoms with van der Waals surface area (Å²) in [6.45, 7) is 9.74. The number of hydrogen-bond acceptors (Lipinski definition) is 7. The molecule has 1 aliphatic rings. The molecule has 2 aromatic rings. The molecule has 3 N–H and O–H groups in total. The van der Waals surface area contributed by atoms with E-state index in [9.17, 15) is 23.1 Å². The highest BCUT2D eigenvalue weighted by Gasteiger charge is 2.36. The molecule has 35 heavy (non-hydrogen) atoms. The Morgan fingerprint density at radius 3 is 2.66 bits per heavy atom. The monoisotopic (exact) mass is 510 g/mol. The lowest BCUT2D eigenvalue weighted by Crippen LogP contribution is -2.51. The Balaban J connectivity index is 1.79. The number of aromatic nitrogens is 1. The van der Waals surface area contributed by atoms with E-state index >= 15 is 0 Å². The van der Waals surface area contributed by atoms with Crippen LogP contribution in [0.15, 0.2) is 35.5 Å². The summed E-state index contributed by atoms with van der Waals surface area (Å²) in [7, 11) is -3.56. The van der Waals surface area contributed by atoms with Gasteiger partial charge in [-0.25, -0.2) is 9.18 Å². The second kappa shape index (κ2) is 10.7. The summed E-state index contributed by atoms with van der Waals surface area (Å²) in [5, 5.41) is 3.24. The second-order valence-corrected chi connectivity index (χ2v) is 11.7. The SMILES string of the molecule is CC[C@H](NC(=O)OC(C)(C)C)C(=O)N1CCCN(S(O)(O)c2cccc3cncc(F)c23)[C@@H](C)C1. The first kappa shape index (κ1) is 27.1. The van der Waals surface area contributed by atoms with Crippen molar-refractivity contribution in [1.82, 2.24) is 19.5 Å². The summed E-state index contributed by atoms with van der Waals surface area (Å²) >= 11 is 0. The number of rotatable bonds is 5. The van der Waals surface area contributed by atoms with Crippen LogP contribution in [0.5, 0.6) is 0 Å². The number of halogens is 1. The van der Waals surface area contributed by atoms with Gasteiger partial charge in [0, 0.05) is 42.6 Å². The Hall–Kier alpha value is -2.47. The van der Waals surface area contributed by atoms with E-state index in [2.05, 4.69) is 10.3 Å². The maximum atomic E-state index is 14.6. The van der Waals surface area contributed by atoms with Gasteiger partial charge >= 0.3 is 6.09 Å². The lowest BCUT2D eigenvalue weighted by molar-refractivity contribution is -0.133. The predicted octanol–water partition coefficient (Wildman–Crippen LogP) is 4.62. The zero-order chi connectivity index (χ0) is 26.0. The van der Waals surface area contributed by atoms with E-state index in [1.807, 2.05) is 0 Å². The standard InChI is InChI=1S/C24H35FN4O5S/c1-6-19(27-23(31)34-24(3,4)5)22(30)28-11-8-12-29(16(2)15-28)35(32,33)20-10-7-9-17-13-26-14-18(25)21(17)20/h7,9-10,13-14,16,19,32-33H,6,8,11-12,15H2,1-5H3,(H,27,31)/t16-,19-/m0/s1. The number of carbonyl (C=O) groups is 2. The van der Waals surface area contributed by atoms with Crippen molar-refractivity contribution in [2.75, 3.05) is 19.6 Å². The van der Waals surface area contributed by atoms with Crippen LogP contribution in [-0.2, 0) is 9.53 Å². The third kappa shape index (κ3) is 6.21. The lowest BCUT2D eigenvalue weighted by Gasteiger charge is -2.46. The molecule has 0 saturated carbocycles. The number of carbonyl (C=O) groups excluding carboxylic acids is 2. The van der Waals surface area contributed by atoms with Crippen molar-refractivity contribution < 1.29 is 27.8 Å². The number of hydrogen-bond donors (Lipinski definition) is 3. The molecule has 1 aromatic heterocycles. The minimum absolute atomic E-state index is 0.0968. The molecule has 1 saturated heterocycles. The van der Waals surface area contributed by atoms with E-state index in [-0.39, 0.29) is 22.7 Å². The molecule has 2 heterocycles. The number of pyridine rings is 1. The molecule has 1 aliphatic heterocycles. The molecule has 1 fully saturated rings. The summed E-state index contributed by atoms with van der Waals surface area (Å²) in [6, 6.07) is 3.62. The Kier molecular flexibility index (Phi) is 8.25. The van der Waals surface area contributed by atoms with E-state index in [1.54, 1.807) is 51.7 Å². The first-order chi connectivity index (χ1) is 16.3. The van der Waals surface area contributed by atoms with Crippen molar-refractivity contribution in [3.05, 3.63) is 36.4 Å². The van der Waals surface area contributed by atoms with Crippen molar-refractivity contribution in [3.63, 3.8) is 0 Å². The highest BCUT2D eigenvalue weighted by molar-refractivity contribution is 8.22. The highest BCUT2D eigenvalue weighted by Crippen LogP contribution is 2.55. The first-order valence-electron chi connectivity index (χ1n) is 11.7. The van der Waals surface area contributed by atoms with Gasteiger partial charge in [0.1, 0.15) is 11.6 Å². The van der Waals surface area contributed by atoms with E-state index in [4.69, 9.17) is 4.74 Å². The highest BCUT2D eigenvalue weighted by atomic mass is 32.3. The molecule has 0 spiro atoms. The summed E-state index contributed by atoms with van der Waals surface area (Å²) in [5.74, 6) is -0.887. The van der Waals surface area contributed by atoms with E-state index in [1.165, 1.54) is 16.6 Å². The molecule has 2 atom stereocenters. The number of nitrogens with one attached hydrogen (secondary N) is 1. The van der Waals surface area contributed by atoms with Gasteiger partial charge in [0.25, 0.3) is 0 Å². The number of benzene rings is 1. The van der Waals surface area contributed by atoms with Gasteiger partial charge in [-0.05, 0) is 46.6 Å². The molecule has 0 aliphatic carbocycles. The number of amides is 2. The molecular formula is C24H35FN4O5S. The second-order valence-electron chi connectivity index (χ2n) is 9.73. The zero-order valence-corrected chi connectivity index (χ0v) is 21.6. The van der Waals surface area contributed by atoms with Gasteiger partial charge in [-0.15, -0.1) is 10.8 Å². The summed E-state index contributed by atoms with van der Waals surface area (Å²) < 4.78 is 44.1. The van der Waals surface area contributed by atoms with Crippen LogP contribution >= 0.6 is 10.8 Å². The summed E-state index contributed by atoms with van der Waals surface area (Å²) in [5.41, 5.74) is -0.686. The number of ether oxygens (including phenoxy) is 1. The molecule has 3 rings (SSSR count). The quantitative estimate of drug-likeness (QED) is 0.537. The van der Waals surface area contributed by atoms with Crippen LogP contribution in [0.3, 0.4) is 0 Å². The molecule has 2 amide bonds. The average molecular weight is 511 g/mol. The van der Waals surface area contributed by atoms with Crippen LogP contribution in [0, 0.1) is 5.82 Å². The minimum Gasteiger partial charge on any atom is -0.444 e. The van der Waals surface area contributed by atoms with E-state index < -0.39 is 40.4 Å². The Morgan fingerprint density at radius 2 is 2.00 bits per heavy atom. The third-order valence-electron chi connectivity index (χ3n) is 5.81. The Labute approximate surface area is 207 Å². The third-order valence-corrected chi connectivity index (χ3v) is 7.94. The predicted molar refractivity (Wildman–Crippen MR) is 134 cm³/mol. The van der Waals surface area contributed by atoms with Crippen molar-refractivity contribution in [2.24, 2.45) is 0 Å². The maximum Gasteiger partial charge on any atom is 0.408 e. The van der Waals surface area contributed by atoms with Crippen molar-refractivity contribution >= 4 is 33.5 Å². The van der Waals surface area contributed by atoms with Gasteiger partial charge < -0.3 is 15.0 Å². The molecule has 0 unspecified atom stereocenters. The molecular weight excluding hydrogens is 475 g/mol. The maximum absolute atomic E-state index is 14.6. The van der Waals surface area contributed by atoms with Crippen LogP contribution < -0.4 is 5.32 Å². The summed E-state index contributed by atoms with van der Waals surface area (Å²) in [6.07, 6.45) is 2.72. The zero-order valence-electron chi connectivity index (χ0n) is 20.8. The smallest absolute Gasteiger partial charge is 0.408 e. The van der Waals surface area contributed by atoms with Crippen LogP contribution in [0.2, 0.25) is 0 Å². The summed E-state index contributed by atoms with van der Waals surface area (Å²) in [4.78, 5) is 31.0. The minimum atomic E-state index is -3.56. The molecule has 0 bridgehead atoms. The van der Waals surface area contributed by atoms with E-state index in [0.29, 0.717) is 31.3 Å². The van der Waals surface area contributed by atoms with Gasteiger partial charge in [0.15, 0.2) is 5.82 Å². The lowest BCUT2D eigenvalue weighted by atomic mass is 10.1. The Morgan fingerprint density at radius 1 is 1.29 bits per heavy atom. The van der Waals surface area contributed by atoms with Gasteiger partial charge in [0.2, 0.25) is 5.91 Å². The van der Waals surface area contributed by atoms with Crippen LogP contribution in [0.25, 0.3) is 10.8 Å². The fraction of sp³-hybridized carbons (Fsp3) is 0.542. The van der Waals surface area contributed by atoms with Crippen molar-refractivity contribution in [1.29, 1.82) is 0 Å². The molecule has 0 radical (unpaired) electrons. The normalized spacial score (nSPS) is 19.2. The molecule has 194 valence electrons. The van der Waals surface area contributed by atoms with Gasteiger partial charge in [0.05, 0.1) is 11.1 Å². The molecule has 11 heteroatoms. The molecule has 1 aromatic carbocycles. The van der Waals surface area contributed by atoms with Gasteiger partial charge in [-0.2, -0.15) is 4.31 Å².